The number of pyridine rings is 2. The summed E-state index contributed by atoms with van der Waals surface area (Å²) >= 11 is 0. The third-order valence-electron chi connectivity index (χ3n) is 7.05. The van der Waals surface area contributed by atoms with Gasteiger partial charge < -0.3 is 20.3 Å². The molecule has 0 aliphatic carbocycles. The molecule has 2 aromatic rings. The molecule has 2 aromatic heterocycles. The Balaban J connectivity index is 1.34. The fourth-order valence-electron chi connectivity index (χ4n) is 5.61. The van der Waals surface area contributed by atoms with Crippen molar-refractivity contribution in [2.24, 2.45) is 0 Å². The molecule has 1 amide bonds. The smallest absolute Gasteiger partial charge is 0.249 e. The third kappa shape index (κ3) is 4.90. The van der Waals surface area contributed by atoms with Gasteiger partial charge in [0.05, 0.1) is 11.7 Å². The number of nitrogens with zero attached hydrogens (tertiary/aromatic N) is 3. The van der Waals surface area contributed by atoms with Crippen LogP contribution in [0.3, 0.4) is 0 Å². The van der Waals surface area contributed by atoms with E-state index in [0.717, 1.165) is 54.6 Å². The van der Waals surface area contributed by atoms with Gasteiger partial charge in [-0.05, 0) is 64.5 Å². The summed E-state index contributed by atoms with van der Waals surface area (Å²) in [7, 11) is 0. The summed E-state index contributed by atoms with van der Waals surface area (Å²) in [5.74, 6) is 1.80. The van der Waals surface area contributed by atoms with Crippen molar-refractivity contribution in [3.63, 3.8) is 0 Å². The quantitative estimate of drug-likeness (QED) is 0.507. The minimum atomic E-state index is 0.125. The van der Waals surface area contributed by atoms with Crippen LogP contribution >= 0.6 is 0 Å². The normalized spacial score (nSPS) is 29.3. The lowest BCUT2D eigenvalue weighted by atomic mass is 9.81. The molecule has 0 spiro atoms. The number of carbonyl (C=O) groups excluding carboxylic acids is 1. The molecule has 178 valence electrons. The van der Waals surface area contributed by atoms with Crippen LogP contribution in [0.2, 0.25) is 0 Å². The Kier molecular flexibility index (Phi) is 6.62. The number of aromatic nitrogens is 2. The van der Waals surface area contributed by atoms with Gasteiger partial charge in [0, 0.05) is 48.4 Å². The van der Waals surface area contributed by atoms with Gasteiger partial charge in [-0.25, -0.2) is 10.4 Å². The van der Waals surface area contributed by atoms with Crippen molar-refractivity contribution in [3.05, 3.63) is 24.4 Å². The van der Waals surface area contributed by atoms with Crippen LogP contribution in [-0.4, -0.2) is 64.3 Å². The lowest BCUT2D eigenvalue weighted by Gasteiger charge is -2.49. The highest BCUT2D eigenvalue weighted by Crippen LogP contribution is 2.36. The Bertz CT molecular complexity index is 972. The summed E-state index contributed by atoms with van der Waals surface area (Å²) < 4.78 is 5.42. The maximum Gasteiger partial charge on any atom is 0.249 e. The van der Waals surface area contributed by atoms with Crippen LogP contribution in [0.1, 0.15) is 52.4 Å². The summed E-state index contributed by atoms with van der Waals surface area (Å²) in [6.45, 7) is 4.84. The van der Waals surface area contributed by atoms with Gasteiger partial charge in [-0.15, -0.1) is 0 Å². The van der Waals surface area contributed by atoms with Gasteiger partial charge in [0.15, 0.2) is 0 Å². The Morgan fingerprint density at radius 2 is 2.03 bits per heavy atom. The highest BCUT2D eigenvalue weighted by atomic mass is 16.5. The van der Waals surface area contributed by atoms with Crippen molar-refractivity contribution in [1.82, 2.24) is 25.7 Å². The minimum Gasteiger partial charge on any atom is -0.372 e. The molecule has 0 radical (unpaired) electrons. The topological polar surface area (TPSA) is 103 Å². The lowest BCUT2D eigenvalue weighted by Crippen LogP contribution is -2.58. The Labute approximate surface area is 195 Å². The standard InChI is InChI=1S/C24H35N7O2/c1-3-33-14-23(32)31-17-6-4-7-18(31)12-16(11-17)26-24-19-8-5-9-25-20(19)13-21(28-24)27-22-10-15(2)29-30-22/h5,8-9,13,15-18,22,29-30H,3-4,6-7,10-12,14H2,1-2H3,(H2,26,27,28)/t15?,16?,17-,18+,22?. The second-order valence-corrected chi connectivity index (χ2v) is 9.54. The van der Waals surface area contributed by atoms with Crippen LogP contribution in [0, 0.1) is 0 Å². The van der Waals surface area contributed by atoms with E-state index in [1.807, 2.05) is 25.3 Å². The van der Waals surface area contributed by atoms with Gasteiger partial charge in [-0.3, -0.25) is 15.2 Å². The number of carbonyl (C=O) groups is 1. The first-order chi connectivity index (χ1) is 16.1. The highest BCUT2D eigenvalue weighted by molar-refractivity contribution is 5.91. The van der Waals surface area contributed by atoms with Crippen LogP contribution in [0.15, 0.2) is 24.4 Å². The second-order valence-electron chi connectivity index (χ2n) is 9.54. The number of piperidine rings is 2. The second kappa shape index (κ2) is 9.79. The fourth-order valence-corrected chi connectivity index (χ4v) is 5.61. The number of anilines is 2. The number of fused-ring (bicyclic) bond motifs is 3. The molecular weight excluding hydrogens is 418 g/mol. The number of hydrogen-bond acceptors (Lipinski definition) is 8. The third-order valence-corrected chi connectivity index (χ3v) is 7.05. The molecule has 0 aromatic carbocycles. The van der Waals surface area contributed by atoms with E-state index in [4.69, 9.17) is 9.72 Å². The molecule has 5 heterocycles. The number of hydrogen-bond donors (Lipinski definition) is 4. The first-order valence-corrected chi connectivity index (χ1v) is 12.3. The molecule has 5 atom stereocenters. The Morgan fingerprint density at radius 1 is 1.21 bits per heavy atom. The van der Waals surface area contributed by atoms with Crippen LogP contribution in [0.25, 0.3) is 10.9 Å². The van der Waals surface area contributed by atoms with E-state index in [2.05, 4.69) is 44.4 Å². The average molecular weight is 454 g/mol. The summed E-state index contributed by atoms with van der Waals surface area (Å²) in [6.07, 6.45) is 8.09. The molecular formula is C24H35N7O2. The molecule has 3 fully saturated rings. The van der Waals surface area contributed by atoms with E-state index in [1.54, 1.807) is 0 Å². The molecule has 3 aliphatic rings. The van der Waals surface area contributed by atoms with E-state index >= 15 is 0 Å². The predicted octanol–water partition coefficient (Wildman–Crippen LogP) is 2.61. The van der Waals surface area contributed by atoms with Crippen molar-refractivity contribution in [1.29, 1.82) is 0 Å². The first kappa shape index (κ1) is 22.3. The highest BCUT2D eigenvalue weighted by Gasteiger charge is 2.40. The van der Waals surface area contributed by atoms with Crippen molar-refractivity contribution < 1.29 is 9.53 Å². The molecule has 0 saturated carbocycles. The maximum absolute atomic E-state index is 12.8. The van der Waals surface area contributed by atoms with Crippen molar-refractivity contribution >= 4 is 28.4 Å². The lowest BCUT2D eigenvalue weighted by molar-refractivity contribution is -0.145. The van der Waals surface area contributed by atoms with E-state index < -0.39 is 0 Å². The summed E-state index contributed by atoms with van der Waals surface area (Å²) in [5.41, 5.74) is 7.43. The Hall–Kier alpha value is -2.49. The maximum atomic E-state index is 12.8. The van der Waals surface area contributed by atoms with Crippen LogP contribution in [0.5, 0.6) is 0 Å². The van der Waals surface area contributed by atoms with Gasteiger partial charge >= 0.3 is 0 Å². The zero-order chi connectivity index (χ0) is 22.8. The van der Waals surface area contributed by atoms with Crippen LogP contribution < -0.4 is 21.5 Å². The first-order valence-electron chi connectivity index (χ1n) is 12.3. The van der Waals surface area contributed by atoms with E-state index in [0.29, 0.717) is 12.6 Å². The molecule has 9 heteroatoms. The number of hydrazine groups is 1. The molecule has 4 N–H and O–H groups in total. The molecule has 3 unspecified atom stereocenters. The summed E-state index contributed by atoms with van der Waals surface area (Å²) in [6, 6.07) is 7.25. The Morgan fingerprint density at radius 3 is 2.76 bits per heavy atom. The molecule has 2 bridgehead atoms. The predicted molar refractivity (Wildman–Crippen MR) is 129 cm³/mol. The van der Waals surface area contributed by atoms with Gasteiger partial charge in [-0.1, -0.05) is 0 Å². The van der Waals surface area contributed by atoms with Crippen molar-refractivity contribution in [2.45, 2.75) is 82.7 Å². The number of rotatable bonds is 7. The van der Waals surface area contributed by atoms with E-state index in [-0.39, 0.29) is 36.8 Å². The van der Waals surface area contributed by atoms with Gasteiger partial charge in [-0.2, -0.15) is 0 Å². The summed E-state index contributed by atoms with van der Waals surface area (Å²) in [4.78, 5) is 24.4. The zero-order valence-corrected chi connectivity index (χ0v) is 19.5. The molecule has 9 nitrogen and oxygen atoms in total. The zero-order valence-electron chi connectivity index (χ0n) is 19.5. The number of amides is 1. The molecule has 3 saturated heterocycles. The average Bonchev–Trinajstić information content (AvgIpc) is 3.21. The number of ether oxygens (including phenoxy) is 1. The van der Waals surface area contributed by atoms with Crippen LogP contribution in [0.4, 0.5) is 11.6 Å². The number of nitrogens with one attached hydrogen (secondary N) is 4. The van der Waals surface area contributed by atoms with E-state index in [1.165, 1.54) is 6.42 Å². The minimum absolute atomic E-state index is 0.125. The molecule has 33 heavy (non-hydrogen) atoms. The summed E-state index contributed by atoms with van der Waals surface area (Å²) in [5, 5.41) is 8.25. The monoisotopic (exact) mass is 453 g/mol. The van der Waals surface area contributed by atoms with E-state index in [9.17, 15) is 4.79 Å². The molecule has 5 rings (SSSR count). The van der Waals surface area contributed by atoms with Crippen molar-refractivity contribution in [2.75, 3.05) is 23.8 Å². The molecule has 3 aliphatic heterocycles. The van der Waals surface area contributed by atoms with Gasteiger partial charge in [0.1, 0.15) is 18.2 Å². The van der Waals surface area contributed by atoms with Gasteiger partial charge in [0.2, 0.25) is 5.91 Å². The SMILES string of the molecule is CCOCC(=O)N1[C@@H]2CCC[C@H]1CC(Nc1nc(NC3CC(C)NN3)cc3ncccc13)C2. The fraction of sp³-hybridized carbons (Fsp3) is 0.625. The van der Waals surface area contributed by atoms with Crippen LogP contribution in [-0.2, 0) is 9.53 Å². The largest absolute Gasteiger partial charge is 0.372 e. The van der Waals surface area contributed by atoms with Gasteiger partial charge in [0.25, 0.3) is 0 Å². The van der Waals surface area contributed by atoms with Crippen molar-refractivity contribution in [3.8, 4) is 0 Å².